The lowest BCUT2D eigenvalue weighted by Gasteiger charge is -2.51. The molecule has 204 valence electrons. The fraction of sp³-hybridized carbons (Fsp3) is 0.205. The summed E-state index contributed by atoms with van der Waals surface area (Å²) in [5.41, 5.74) is 7.05. The number of amides is 1. The third-order valence-electron chi connectivity index (χ3n) is 9.00. The molecule has 0 fully saturated rings. The van der Waals surface area contributed by atoms with Crippen molar-refractivity contribution < 1.29 is 4.79 Å². The molecule has 1 amide bonds. The van der Waals surface area contributed by atoms with E-state index < -0.39 is 5.41 Å². The number of carbonyl (C=O) groups is 1. The van der Waals surface area contributed by atoms with Crippen molar-refractivity contribution in [3.05, 3.63) is 173 Å². The molecular formula is C39H37NO. The number of fused-ring (bicyclic) bond motifs is 1. The topological polar surface area (TPSA) is 20.3 Å². The van der Waals surface area contributed by atoms with Crippen molar-refractivity contribution in [2.24, 2.45) is 0 Å². The number of rotatable bonds is 5. The maximum atomic E-state index is 13.2. The van der Waals surface area contributed by atoms with Gasteiger partial charge in [-0.05, 0) is 59.7 Å². The van der Waals surface area contributed by atoms with E-state index in [0.29, 0.717) is 0 Å². The van der Waals surface area contributed by atoms with Crippen molar-refractivity contribution in [1.82, 2.24) is 0 Å². The molecule has 2 nitrogen and oxygen atoms in total. The first-order chi connectivity index (χ1) is 19.8. The molecule has 5 aromatic carbocycles. The second-order valence-electron chi connectivity index (χ2n) is 12.1. The number of hydrogen-bond acceptors (Lipinski definition) is 1. The van der Waals surface area contributed by atoms with Crippen LogP contribution in [-0.4, -0.2) is 11.4 Å². The van der Waals surface area contributed by atoms with Gasteiger partial charge in [-0.25, -0.2) is 0 Å². The number of carbonyl (C=O) groups excluding carboxylic acids is 1. The third kappa shape index (κ3) is 4.30. The molecule has 1 unspecified atom stereocenters. The quantitative estimate of drug-likeness (QED) is 0.206. The van der Waals surface area contributed by atoms with Crippen molar-refractivity contribution in [2.75, 3.05) is 4.90 Å². The molecule has 6 rings (SSSR count). The Morgan fingerprint density at radius 2 is 1.05 bits per heavy atom. The van der Waals surface area contributed by atoms with Crippen LogP contribution in [0.4, 0.5) is 5.69 Å². The summed E-state index contributed by atoms with van der Waals surface area (Å²) in [5.74, 6) is 0.0690. The molecule has 0 bridgehead atoms. The average molecular weight is 536 g/mol. The number of nitrogens with zero attached hydrogens (tertiary/aromatic N) is 1. The Balaban J connectivity index is 1.73. The lowest BCUT2D eigenvalue weighted by Crippen LogP contribution is -2.55. The highest BCUT2D eigenvalue weighted by Crippen LogP contribution is 2.53. The van der Waals surface area contributed by atoms with Gasteiger partial charge < -0.3 is 4.90 Å². The molecule has 2 heteroatoms. The smallest absolute Gasteiger partial charge is 0.224 e. The molecule has 5 aromatic rings. The van der Waals surface area contributed by atoms with E-state index in [-0.39, 0.29) is 16.9 Å². The molecule has 1 aliphatic heterocycles. The first kappa shape index (κ1) is 26.8. The largest absolute Gasteiger partial charge is 0.307 e. The molecule has 0 saturated heterocycles. The van der Waals surface area contributed by atoms with Crippen LogP contribution < -0.4 is 4.90 Å². The van der Waals surface area contributed by atoms with E-state index in [1.807, 2.05) is 4.90 Å². The normalized spacial score (nSPS) is 18.0. The Morgan fingerprint density at radius 3 is 1.49 bits per heavy atom. The van der Waals surface area contributed by atoms with Gasteiger partial charge in [0.2, 0.25) is 5.91 Å². The zero-order chi connectivity index (χ0) is 28.7. The van der Waals surface area contributed by atoms with Crippen LogP contribution in [0, 0.1) is 0 Å². The van der Waals surface area contributed by atoms with Gasteiger partial charge in [0.05, 0.1) is 5.41 Å². The van der Waals surface area contributed by atoms with Crippen LogP contribution in [0.1, 0.15) is 67.5 Å². The molecule has 1 heterocycles. The second-order valence-corrected chi connectivity index (χ2v) is 12.1. The fourth-order valence-corrected chi connectivity index (χ4v) is 7.50. The maximum absolute atomic E-state index is 13.2. The van der Waals surface area contributed by atoms with Crippen molar-refractivity contribution >= 4 is 11.6 Å². The fourth-order valence-electron chi connectivity index (χ4n) is 7.50. The van der Waals surface area contributed by atoms with Gasteiger partial charge >= 0.3 is 0 Å². The van der Waals surface area contributed by atoms with Crippen LogP contribution in [0.5, 0.6) is 0 Å². The molecule has 1 aliphatic rings. The minimum absolute atomic E-state index is 0.0690. The van der Waals surface area contributed by atoms with E-state index in [2.05, 4.69) is 160 Å². The molecule has 41 heavy (non-hydrogen) atoms. The van der Waals surface area contributed by atoms with E-state index in [9.17, 15) is 4.79 Å². The molecule has 0 saturated carbocycles. The van der Waals surface area contributed by atoms with Gasteiger partial charge in [-0.1, -0.05) is 140 Å². The molecule has 0 aliphatic carbocycles. The molecule has 0 spiro atoms. The molecule has 1 atom stereocenters. The number of hydrogen-bond donors (Lipinski definition) is 0. The number of anilines is 1. The maximum Gasteiger partial charge on any atom is 0.224 e. The zero-order valence-corrected chi connectivity index (χ0v) is 24.3. The Bertz CT molecular complexity index is 1560. The lowest BCUT2D eigenvalue weighted by atomic mass is 9.61. The van der Waals surface area contributed by atoms with Gasteiger partial charge in [-0.3, -0.25) is 4.79 Å². The summed E-state index contributed by atoms with van der Waals surface area (Å²) < 4.78 is 0. The van der Waals surface area contributed by atoms with Crippen molar-refractivity contribution in [1.29, 1.82) is 0 Å². The predicted molar refractivity (Wildman–Crippen MR) is 170 cm³/mol. The minimum atomic E-state index is -0.551. The van der Waals surface area contributed by atoms with Crippen LogP contribution >= 0.6 is 0 Å². The van der Waals surface area contributed by atoms with Gasteiger partial charge in [0.1, 0.15) is 0 Å². The van der Waals surface area contributed by atoms with Crippen molar-refractivity contribution in [2.45, 2.75) is 50.5 Å². The Kier molecular flexibility index (Phi) is 6.66. The van der Waals surface area contributed by atoms with Gasteiger partial charge in [0.25, 0.3) is 0 Å². The summed E-state index contributed by atoms with van der Waals surface area (Å²) in [5, 5.41) is 0. The minimum Gasteiger partial charge on any atom is -0.307 e. The highest BCUT2D eigenvalue weighted by atomic mass is 16.2. The van der Waals surface area contributed by atoms with Gasteiger partial charge in [-0.15, -0.1) is 0 Å². The van der Waals surface area contributed by atoms with E-state index in [1.165, 1.54) is 33.4 Å². The monoisotopic (exact) mass is 535 g/mol. The second kappa shape index (κ2) is 10.2. The van der Waals surface area contributed by atoms with Crippen LogP contribution in [0.15, 0.2) is 140 Å². The van der Waals surface area contributed by atoms with Crippen LogP contribution in [0.3, 0.4) is 0 Å². The Labute approximate surface area is 244 Å². The summed E-state index contributed by atoms with van der Waals surface area (Å²) in [4.78, 5) is 15.2. The van der Waals surface area contributed by atoms with Crippen LogP contribution in [-0.2, 0) is 15.6 Å². The lowest BCUT2D eigenvalue weighted by molar-refractivity contribution is -0.117. The summed E-state index contributed by atoms with van der Waals surface area (Å²) in [6.07, 6.45) is 0.815. The highest BCUT2D eigenvalue weighted by molar-refractivity contribution is 5.95. The molecular weight excluding hydrogens is 498 g/mol. The zero-order valence-electron chi connectivity index (χ0n) is 24.3. The van der Waals surface area contributed by atoms with E-state index >= 15 is 0 Å². The summed E-state index contributed by atoms with van der Waals surface area (Å²) in [6.45, 7) is 8.41. The van der Waals surface area contributed by atoms with Gasteiger partial charge in [0, 0.05) is 23.6 Å². The van der Waals surface area contributed by atoms with E-state index in [1.54, 1.807) is 6.92 Å². The third-order valence-corrected chi connectivity index (χ3v) is 9.00. The molecule has 0 N–H and O–H groups in total. The SMILES string of the molecule is CC(=O)N1c2ccc(C(c3ccccc3)(c3ccccc3)c3ccccc3)cc2C(C)(c2ccccc2)CC1(C)C. The average Bonchev–Trinajstić information content (AvgIpc) is 2.99. The first-order valence-corrected chi connectivity index (χ1v) is 14.5. The summed E-state index contributed by atoms with van der Waals surface area (Å²) in [7, 11) is 0. The van der Waals surface area contributed by atoms with Crippen LogP contribution in [0.25, 0.3) is 0 Å². The van der Waals surface area contributed by atoms with E-state index in [4.69, 9.17) is 0 Å². The van der Waals surface area contributed by atoms with Gasteiger partial charge in [-0.2, -0.15) is 0 Å². The van der Waals surface area contributed by atoms with Crippen LogP contribution in [0.2, 0.25) is 0 Å². The van der Waals surface area contributed by atoms with Crippen molar-refractivity contribution in [3.8, 4) is 0 Å². The molecule has 0 radical (unpaired) electrons. The van der Waals surface area contributed by atoms with Crippen molar-refractivity contribution in [3.63, 3.8) is 0 Å². The highest BCUT2D eigenvalue weighted by Gasteiger charge is 2.48. The van der Waals surface area contributed by atoms with E-state index in [0.717, 1.165) is 12.1 Å². The Hall–Kier alpha value is -4.43. The van der Waals surface area contributed by atoms with Gasteiger partial charge in [0.15, 0.2) is 0 Å². The standard InChI is InChI=1S/C39H37NO/c1-29(41)40-36-26-25-34(27-35(36)38(4,28-37(40,2)3)30-17-9-5-10-18-30)39(31-19-11-6-12-20-31,32-21-13-7-14-22-32)33-23-15-8-16-24-33/h5-27H,28H2,1-4H3. The first-order valence-electron chi connectivity index (χ1n) is 14.5. The summed E-state index contributed by atoms with van der Waals surface area (Å²) >= 11 is 0. The Morgan fingerprint density at radius 1 is 0.610 bits per heavy atom. The summed E-state index contributed by atoms with van der Waals surface area (Å²) in [6, 6.07) is 50.0. The molecule has 0 aromatic heterocycles. The number of benzene rings is 5. The predicted octanol–water partition coefficient (Wildman–Crippen LogP) is 8.91.